The summed E-state index contributed by atoms with van der Waals surface area (Å²) in [5.74, 6) is -0.724. The number of amides is 1. The van der Waals surface area contributed by atoms with Gasteiger partial charge in [-0.3, -0.25) is 4.79 Å². The molecule has 1 rings (SSSR count). The lowest BCUT2D eigenvalue weighted by Crippen LogP contribution is -2.35. The van der Waals surface area contributed by atoms with E-state index in [0.29, 0.717) is 13.1 Å². The van der Waals surface area contributed by atoms with Crippen LogP contribution in [0.5, 0.6) is 0 Å². The Kier molecular flexibility index (Phi) is 4.68. The van der Waals surface area contributed by atoms with Crippen LogP contribution in [0.2, 0.25) is 0 Å². The number of hydrogen-bond acceptors (Lipinski definition) is 4. The average Bonchev–Trinajstić information content (AvgIpc) is 2.60. The molecule has 0 aromatic rings. The van der Waals surface area contributed by atoms with Crippen molar-refractivity contribution in [3.8, 4) is 0 Å². The molecule has 1 fully saturated rings. The first-order valence-corrected chi connectivity index (χ1v) is 6.64. The lowest BCUT2D eigenvalue weighted by atomic mass is 10.2. The van der Waals surface area contributed by atoms with Gasteiger partial charge in [0.25, 0.3) is 0 Å². The van der Waals surface area contributed by atoms with Crippen LogP contribution in [0.15, 0.2) is 0 Å². The van der Waals surface area contributed by atoms with Crippen molar-refractivity contribution in [2.45, 2.75) is 38.0 Å². The molecule has 6 heteroatoms. The molecule has 0 spiro atoms. The predicted octanol–water partition coefficient (Wildman–Crippen LogP) is 1.81. The van der Waals surface area contributed by atoms with Gasteiger partial charge in [-0.2, -0.15) is 0 Å². The minimum atomic E-state index is -0.814. The standard InChI is InChI=1S/C11H19NO4S/c1-11(2,3)16-10(15)12-5-4-8(6-12)17-7-9(13)14/h8H,4-7H2,1-3H3,(H,13,14)/t8-/m1/s1. The Labute approximate surface area is 105 Å². The molecule has 1 atom stereocenters. The maximum atomic E-state index is 11.7. The second-order valence-corrected chi connectivity index (χ2v) is 6.33. The Balaban J connectivity index is 2.34. The van der Waals surface area contributed by atoms with Crippen molar-refractivity contribution in [3.63, 3.8) is 0 Å². The summed E-state index contributed by atoms with van der Waals surface area (Å²) in [6.07, 6.45) is 0.521. The molecule has 1 aliphatic heterocycles. The third-order valence-corrected chi connectivity index (χ3v) is 3.51. The lowest BCUT2D eigenvalue weighted by molar-refractivity contribution is -0.133. The number of hydrogen-bond donors (Lipinski definition) is 1. The van der Waals surface area contributed by atoms with E-state index in [2.05, 4.69) is 0 Å². The van der Waals surface area contributed by atoms with Crippen LogP contribution < -0.4 is 0 Å². The van der Waals surface area contributed by atoms with E-state index in [-0.39, 0.29) is 17.1 Å². The molecule has 1 amide bonds. The van der Waals surface area contributed by atoms with Gasteiger partial charge in [-0.15, -0.1) is 11.8 Å². The zero-order valence-corrected chi connectivity index (χ0v) is 11.2. The van der Waals surface area contributed by atoms with Gasteiger partial charge in [0.1, 0.15) is 5.60 Å². The fourth-order valence-electron chi connectivity index (χ4n) is 1.55. The van der Waals surface area contributed by atoms with Gasteiger partial charge in [0.05, 0.1) is 5.75 Å². The Morgan fingerprint density at radius 2 is 2.12 bits per heavy atom. The first-order valence-electron chi connectivity index (χ1n) is 5.59. The number of aliphatic carboxylic acids is 1. The average molecular weight is 261 g/mol. The maximum absolute atomic E-state index is 11.7. The topological polar surface area (TPSA) is 66.8 Å². The molecule has 0 aromatic heterocycles. The van der Waals surface area contributed by atoms with Crippen molar-refractivity contribution >= 4 is 23.8 Å². The maximum Gasteiger partial charge on any atom is 0.410 e. The second kappa shape index (κ2) is 5.62. The van der Waals surface area contributed by atoms with Crippen LogP contribution in [-0.2, 0) is 9.53 Å². The summed E-state index contributed by atoms with van der Waals surface area (Å²) in [7, 11) is 0. The van der Waals surface area contributed by atoms with E-state index >= 15 is 0 Å². The monoisotopic (exact) mass is 261 g/mol. The van der Waals surface area contributed by atoms with Crippen LogP contribution >= 0.6 is 11.8 Å². The van der Waals surface area contributed by atoms with E-state index < -0.39 is 11.6 Å². The summed E-state index contributed by atoms with van der Waals surface area (Å²) in [6, 6.07) is 0. The third kappa shape index (κ3) is 5.30. The zero-order valence-electron chi connectivity index (χ0n) is 10.4. The van der Waals surface area contributed by atoms with Crippen molar-refractivity contribution in [2.24, 2.45) is 0 Å². The van der Waals surface area contributed by atoms with Crippen LogP contribution in [0.1, 0.15) is 27.2 Å². The molecule has 0 bridgehead atoms. The predicted molar refractivity (Wildman–Crippen MR) is 66.3 cm³/mol. The molecule has 98 valence electrons. The van der Waals surface area contributed by atoms with Crippen molar-refractivity contribution in [1.29, 1.82) is 0 Å². The van der Waals surface area contributed by atoms with Gasteiger partial charge in [-0.1, -0.05) is 0 Å². The number of likely N-dealkylation sites (tertiary alicyclic amines) is 1. The highest BCUT2D eigenvalue weighted by Crippen LogP contribution is 2.23. The van der Waals surface area contributed by atoms with Gasteiger partial charge < -0.3 is 14.7 Å². The fourth-order valence-corrected chi connectivity index (χ4v) is 2.48. The largest absolute Gasteiger partial charge is 0.481 e. The number of ether oxygens (including phenoxy) is 1. The third-order valence-electron chi connectivity index (χ3n) is 2.24. The van der Waals surface area contributed by atoms with Crippen molar-refractivity contribution < 1.29 is 19.4 Å². The highest BCUT2D eigenvalue weighted by atomic mass is 32.2. The number of carboxylic acid groups (broad SMARTS) is 1. The zero-order chi connectivity index (χ0) is 13.1. The second-order valence-electron chi connectivity index (χ2n) is 5.04. The number of nitrogens with zero attached hydrogens (tertiary/aromatic N) is 1. The Bertz CT molecular complexity index is 300. The molecule has 1 heterocycles. The van der Waals surface area contributed by atoms with E-state index in [1.54, 1.807) is 4.90 Å². The van der Waals surface area contributed by atoms with Gasteiger partial charge in [0, 0.05) is 18.3 Å². The van der Waals surface area contributed by atoms with Crippen LogP contribution in [0.3, 0.4) is 0 Å². The normalized spacial score (nSPS) is 20.4. The van der Waals surface area contributed by atoms with Gasteiger partial charge in [0.15, 0.2) is 0 Å². The summed E-state index contributed by atoms with van der Waals surface area (Å²) in [5, 5.41) is 8.78. The van der Waals surface area contributed by atoms with Crippen molar-refractivity contribution in [1.82, 2.24) is 4.90 Å². The SMILES string of the molecule is CC(C)(C)OC(=O)N1CC[C@@H](SCC(=O)O)C1. The number of thioether (sulfide) groups is 1. The van der Waals surface area contributed by atoms with Crippen LogP contribution in [0.4, 0.5) is 4.79 Å². The van der Waals surface area contributed by atoms with E-state index in [0.717, 1.165) is 6.42 Å². The molecule has 1 saturated heterocycles. The van der Waals surface area contributed by atoms with Gasteiger partial charge in [-0.05, 0) is 27.2 Å². The molecule has 0 aliphatic carbocycles. The summed E-state index contributed by atoms with van der Waals surface area (Å²) >= 11 is 1.38. The van der Waals surface area contributed by atoms with Crippen LogP contribution in [0, 0.1) is 0 Å². The quantitative estimate of drug-likeness (QED) is 0.839. The van der Waals surface area contributed by atoms with E-state index in [1.807, 2.05) is 20.8 Å². The molecule has 0 unspecified atom stereocenters. The number of rotatable bonds is 3. The van der Waals surface area contributed by atoms with Crippen molar-refractivity contribution in [2.75, 3.05) is 18.8 Å². The molecule has 17 heavy (non-hydrogen) atoms. The molecule has 0 radical (unpaired) electrons. The Morgan fingerprint density at radius 3 is 2.65 bits per heavy atom. The highest BCUT2D eigenvalue weighted by molar-refractivity contribution is 8.00. The number of carbonyl (C=O) groups excluding carboxylic acids is 1. The molecular weight excluding hydrogens is 242 g/mol. The van der Waals surface area contributed by atoms with Gasteiger partial charge in [0.2, 0.25) is 0 Å². The van der Waals surface area contributed by atoms with E-state index in [9.17, 15) is 9.59 Å². The summed E-state index contributed by atoms with van der Waals surface area (Å²) in [4.78, 5) is 23.8. The fraction of sp³-hybridized carbons (Fsp3) is 0.818. The smallest absolute Gasteiger partial charge is 0.410 e. The van der Waals surface area contributed by atoms with E-state index in [4.69, 9.17) is 9.84 Å². The molecular formula is C11H19NO4S. The van der Waals surface area contributed by atoms with Crippen LogP contribution in [0.25, 0.3) is 0 Å². The summed E-state index contributed by atoms with van der Waals surface area (Å²) < 4.78 is 5.26. The highest BCUT2D eigenvalue weighted by Gasteiger charge is 2.30. The summed E-state index contributed by atoms with van der Waals surface area (Å²) in [5.41, 5.74) is -0.483. The first kappa shape index (κ1) is 14.2. The lowest BCUT2D eigenvalue weighted by Gasteiger charge is -2.24. The van der Waals surface area contributed by atoms with Crippen molar-refractivity contribution in [3.05, 3.63) is 0 Å². The molecule has 0 aromatic carbocycles. The number of carboxylic acids is 1. The summed E-state index contributed by atoms with van der Waals surface area (Å²) in [6.45, 7) is 6.71. The molecule has 1 N–H and O–H groups in total. The van der Waals surface area contributed by atoms with Crippen LogP contribution in [-0.4, -0.2) is 51.8 Å². The van der Waals surface area contributed by atoms with Gasteiger partial charge in [-0.25, -0.2) is 4.79 Å². The van der Waals surface area contributed by atoms with E-state index in [1.165, 1.54) is 11.8 Å². The first-order chi connectivity index (χ1) is 7.78. The Hall–Kier alpha value is -0.910. The minimum absolute atomic E-state index is 0.0901. The molecule has 0 saturated carbocycles. The Morgan fingerprint density at radius 1 is 1.47 bits per heavy atom. The molecule has 1 aliphatic rings. The molecule has 5 nitrogen and oxygen atoms in total. The minimum Gasteiger partial charge on any atom is -0.481 e. The number of carbonyl (C=O) groups is 2. The van der Waals surface area contributed by atoms with Gasteiger partial charge >= 0.3 is 12.1 Å².